The molecule has 0 aliphatic heterocycles. The first-order valence-electron chi connectivity index (χ1n) is 8.87. The molecule has 136 valence electrons. The summed E-state index contributed by atoms with van der Waals surface area (Å²) in [5.74, 6) is 1.09. The van der Waals surface area contributed by atoms with E-state index >= 15 is 0 Å². The Hall–Kier alpha value is -2.30. The number of aliphatic hydroxyl groups is 1. The van der Waals surface area contributed by atoms with Crippen molar-refractivity contribution in [2.24, 2.45) is 5.41 Å². The summed E-state index contributed by atoms with van der Waals surface area (Å²) in [6.45, 7) is 8.48. The van der Waals surface area contributed by atoms with E-state index in [2.05, 4.69) is 54.2 Å². The number of rotatable bonds is 6. The third-order valence-electron chi connectivity index (χ3n) is 4.68. The smallest absolute Gasteiger partial charge is 0.340 e. The molecule has 0 atom stereocenters. The monoisotopic (exact) mass is 343 g/mol. The van der Waals surface area contributed by atoms with Crippen LogP contribution in [0.4, 0.5) is 0 Å². The van der Waals surface area contributed by atoms with Crippen LogP contribution in [-0.4, -0.2) is 20.3 Å². The normalized spacial score (nSPS) is 19.0. The van der Waals surface area contributed by atoms with Gasteiger partial charge in [0.25, 0.3) is 0 Å². The summed E-state index contributed by atoms with van der Waals surface area (Å²) in [7, 11) is 0. The number of H-pyrrole nitrogens is 2. The fraction of sp³-hybridized carbons (Fsp3) is 0.500. The number of aromatic nitrogens is 3. The van der Waals surface area contributed by atoms with E-state index in [1.165, 1.54) is 5.57 Å². The van der Waals surface area contributed by atoms with Crippen LogP contribution in [-0.2, 0) is 0 Å². The minimum atomic E-state index is -0.289. The highest BCUT2D eigenvalue weighted by Gasteiger charge is 2.28. The van der Waals surface area contributed by atoms with Gasteiger partial charge in [-0.15, -0.1) is 0 Å². The van der Waals surface area contributed by atoms with Gasteiger partial charge in [0.15, 0.2) is 5.82 Å². The molecule has 1 aromatic heterocycles. The second-order valence-electron chi connectivity index (χ2n) is 7.47. The highest BCUT2D eigenvalue weighted by molar-refractivity contribution is 5.43. The molecule has 3 N–H and O–H groups in total. The van der Waals surface area contributed by atoms with E-state index < -0.39 is 0 Å². The van der Waals surface area contributed by atoms with Gasteiger partial charge in [-0.1, -0.05) is 43.2 Å². The van der Waals surface area contributed by atoms with Gasteiger partial charge in [-0.2, -0.15) is 5.10 Å². The summed E-state index contributed by atoms with van der Waals surface area (Å²) >= 11 is 0. The minimum absolute atomic E-state index is 0.0406. The maximum absolute atomic E-state index is 11.0. The van der Waals surface area contributed by atoms with Crippen molar-refractivity contribution < 1.29 is 5.11 Å². The Labute approximate surface area is 149 Å². The van der Waals surface area contributed by atoms with E-state index in [9.17, 15) is 9.90 Å². The molecule has 0 unspecified atom stereocenters. The molecule has 0 radical (unpaired) electrons. The molecule has 0 saturated carbocycles. The van der Waals surface area contributed by atoms with E-state index in [-0.39, 0.29) is 11.1 Å². The van der Waals surface area contributed by atoms with Crippen LogP contribution in [0.2, 0.25) is 0 Å². The first kappa shape index (κ1) is 19.0. The van der Waals surface area contributed by atoms with Gasteiger partial charge in [0.2, 0.25) is 0 Å². The fourth-order valence-electron chi connectivity index (χ4n) is 3.15. The van der Waals surface area contributed by atoms with Crippen LogP contribution >= 0.6 is 0 Å². The first-order valence-corrected chi connectivity index (χ1v) is 8.87. The lowest BCUT2D eigenvalue weighted by atomic mass is 9.74. The standard InChI is InChI=1S/C20H29N3O2/c1-14(10-11-16-17(24)9-6-12-20(16,3)4)7-5-8-15(2)13-18-21-19(25)23-22-18/h7,10-11,13,24H,5-6,8-9,12H2,1-4H3,(H2,21,22,23,25)/b11-10+,14-7+,15-13+. The van der Waals surface area contributed by atoms with Gasteiger partial charge in [-0.25, -0.2) is 9.89 Å². The van der Waals surface area contributed by atoms with Crippen LogP contribution < -0.4 is 5.69 Å². The molecule has 5 heteroatoms. The predicted molar refractivity (Wildman–Crippen MR) is 102 cm³/mol. The molecule has 1 aliphatic rings. The average molecular weight is 343 g/mol. The van der Waals surface area contributed by atoms with Crippen LogP contribution in [0, 0.1) is 5.41 Å². The fourth-order valence-corrected chi connectivity index (χ4v) is 3.15. The van der Waals surface area contributed by atoms with Crippen molar-refractivity contribution in [2.75, 3.05) is 0 Å². The lowest BCUT2D eigenvalue weighted by molar-refractivity contribution is 0.292. The summed E-state index contributed by atoms with van der Waals surface area (Å²) in [6.07, 6.45) is 13.0. The molecule has 1 aromatic rings. The number of aromatic amines is 2. The third kappa shape index (κ3) is 5.62. The summed E-state index contributed by atoms with van der Waals surface area (Å²) in [6, 6.07) is 0. The molecule has 0 aromatic carbocycles. The summed E-state index contributed by atoms with van der Waals surface area (Å²) in [5.41, 5.74) is 3.15. The van der Waals surface area contributed by atoms with Crippen LogP contribution in [0.3, 0.4) is 0 Å². The van der Waals surface area contributed by atoms with Crippen molar-refractivity contribution in [1.82, 2.24) is 15.2 Å². The Morgan fingerprint density at radius 3 is 2.76 bits per heavy atom. The number of aliphatic hydroxyl groups excluding tert-OH is 1. The lowest BCUT2D eigenvalue weighted by Gasteiger charge is -2.31. The molecular formula is C20H29N3O2. The maximum Gasteiger partial charge on any atom is 0.340 e. The molecule has 1 heterocycles. The number of nitrogens with zero attached hydrogens (tertiary/aromatic N) is 1. The molecule has 2 rings (SSSR count). The Morgan fingerprint density at radius 1 is 1.36 bits per heavy atom. The Kier molecular flexibility index (Phi) is 6.23. The zero-order valence-electron chi connectivity index (χ0n) is 15.6. The van der Waals surface area contributed by atoms with Gasteiger partial charge in [0.1, 0.15) is 0 Å². The summed E-state index contributed by atoms with van der Waals surface area (Å²) in [5, 5.41) is 16.4. The second-order valence-corrected chi connectivity index (χ2v) is 7.47. The average Bonchev–Trinajstić information content (AvgIpc) is 2.91. The van der Waals surface area contributed by atoms with Crippen molar-refractivity contribution in [3.8, 4) is 0 Å². The van der Waals surface area contributed by atoms with E-state index in [1.807, 2.05) is 13.0 Å². The number of allylic oxidation sites excluding steroid dienone is 7. The zero-order valence-corrected chi connectivity index (χ0v) is 15.6. The largest absolute Gasteiger partial charge is 0.512 e. The van der Waals surface area contributed by atoms with Crippen LogP contribution in [0.25, 0.3) is 6.08 Å². The molecule has 0 fully saturated rings. The molecule has 1 aliphatic carbocycles. The second kappa shape index (κ2) is 8.19. The highest BCUT2D eigenvalue weighted by Crippen LogP contribution is 2.40. The summed E-state index contributed by atoms with van der Waals surface area (Å²) in [4.78, 5) is 13.6. The van der Waals surface area contributed by atoms with Crippen molar-refractivity contribution >= 4 is 6.08 Å². The molecule has 25 heavy (non-hydrogen) atoms. The lowest BCUT2D eigenvalue weighted by Crippen LogP contribution is -2.19. The summed E-state index contributed by atoms with van der Waals surface area (Å²) < 4.78 is 0. The van der Waals surface area contributed by atoms with E-state index in [0.717, 1.165) is 43.3 Å². The van der Waals surface area contributed by atoms with Crippen molar-refractivity contribution in [1.29, 1.82) is 0 Å². The van der Waals surface area contributed by atoms with E-state index in [4.69, 9.17) is 0 Å². The van der Waals surface area contributed by atoms with Gasteiger partial charge >= 0.3 is 5.69 Å². The molecule has 0 spiro atoms. The zero-order chi connectivity index (χ0) is 18.4. The number of nitrogens with one attached hydrogen (secondary N) is 2. The Morgan fingerprint density at radius 2 is 2.12 bits per heavy atom. The van der Waals surface area contributed by atoms with Crippen molar-refractivity contribution in [2.45, 2.75) is 59.8 Å². The van der Waals surface area contributed by atoms with Gasteiger partial charge in [0.05, 0.1) is 5.76 Å². The first-order chi connectivity index (χ1) is 11.8. The van der Waals surface area contributed by atoms with Gasteiger partial charge in [-0.3, -0.25) is 4.98 Å². The minimum Gasteiger partial charge on any atom is -0.512 e. The van der Waals surface area contributed by atoms with Crippen LogP contribution in [0.15, 0.2) is 45.5 Å². The molecule has 5 nitrogen and oxygen atoms in total. The highest BCUT2D eigenvalue weighted by atomic mass is 16.3. The SMILES string of the molecule is CC(/C=C/C1=C(O)CCCC1(C)C)=C\CC/C(C)=C/c1n[nH]c(=O)[nH]1. The number of hydrogen-bond acceptors (Lipinski definition) is 3. The van der Waals surface area contributed by atoms with Crippen molar-refractivity contribution in [3.05, 3.63) is 57.0 Å². The molecule has 0 amide bonds. The maximum atomic E-state index is 11.0. The van der Waals surface area contributed by atoms with E-state index in [1.54, 1.807) is 0 Å². The van der Waals surface area contributed by atoms with Gasteiger partial charge < -0.3 is 5.11 Å². The third-order valence-corrected chi connectivity index (χ3v) is 4.68. The van der Waals surface area contributed by atoms with Crippen LogP contribution in [0.5, 0.6) is 0 Å². The van der Waals surface area contributed by atoms with Crippen molar-refractivity contribution in [3.63, 3.8) is 0 Å². The van der Waals surface area contributed by atoms with Gasteiger partial charge in [0, 0.05) is 6.42 Å². The van der Waals surface area contributed by atoms with E-state index in [0.29, 0.717) is 11.6 Å². The van der Waals surface area contributed by atoms with Crippen LogP contribution in [0.1, 0.15) is 65.6 Å². The molecular weight excluding hydrogens is 314 g/mol. The topological polar surface area (TPSA) is 81.8 Å². The van der Waals surface area contributed by atoms with Gasteiger partial charge in [-0.05, 0) is 56.6 Å². The molecule has 0 saturated heterocycles. The number of hydrogen-bond donors (Lipinski definition) is 3. The molecule has 0 bridgehead atoms. The quantitative estimate of drug-likeness (QED) is 0.649. The predicted octanol–water partition coefficient (Wildman–Crippen LogP) is 4.81. The Balaban J connectivity index is 1.93. The Bertz CT molecular complexity index is 773.